The highest BCUT2D eigenvalue weighted by molar-refractivity contribution is 7.89. The first-order valence-electron chi connectivity index (χ1n) is 5.28. The Kier molecular flexibility index (Phi) is 3.88. The molecule has 0 bridgehead atoms. The molecule has 1 heterocycles. The van der Waals surface area contributed by atoms with Crippen LogP contribution in [0.3, 0.4) is 0 Å². The van der Waals surface area contributed by atoms with Crippen molar-refractivity contribution < 1.29 is 17.3 Å². The smallest absolute Gasteiger partial charge is 0.242 e. The molecule has 102 valence electrons. The Morgan fingerprint density at radius 1 is 1.42 bits per heavy atom. The van der Waals surface area contributed by atoms with Crippen molar-refractivity contribution in [3.05, 3.63) is 47.1 Å². The minimum Gasteiger partial charge on any atom is -0.364 e. The van der Waals surface area contributed by atoms with Crippen molar-refractivity contribution in [2.24, 2.45) is 0 Å². The number of hydrogen-bond acceptors (Lipinski definition) is 4. The highest BCUT2D eigenvalue weighted by atomic mass is 35.5. The molecule has 2 rings (SSSR count). The van der Waals surface area contributed by atoms with E-state index in [9.17, 15) is 12.8 Å². The summed E-state index contributed by atoms with van der Waals surface area (Å²) in [4.78, 5) is -0.315. The highest BCUT2D eigenvalue weighted by Crippen LogP contribution is 2.23. The van der Waals surface area contributed by atoms with E-state index < -0.39 is 21.9 Å². The topological polar surface area (TPSA) is 72.2 Å². The van der Waals surface area contributed by atoms with Gasteiger partial charge in [0.15, 0.2) is 0 Å². The maximum Gasteiger partial charge on any atom is 0.242 e. The second-order valence-corrected chi connectivity index (χ2v) is 5.93. The Morgan fingerprint density at radius 2 is 2.16 bits per heavy atom. The van der Waals surface area contributed by atoms with Gasteiger partial charge in [0.2, 0.25) is 10.0 Å². The summed E-state index contributed by atoms with van der Waals surface area (Å²) in [6.45, 7) is 1.59. The maximum absolute atomic E-state index is 13.1. The fraction of sp³-hybridized carbons (Fsp3) is 0.182. The minimum atomic E-state index is -3.94. The fourth-order valence-corrected chi connectivity index (χ4v) is 3.21. The van der Waals surface area contributed by atoms with Crippen molar-refractivity contribution in [2.45, 2.75) is 17.9 Å². The summed E-state index contributed by atoms with van der Waals surface area (Å²) < 4.78 is 44.3. The Bertz CT molecular complexity index is 673. The van der Waals surface area contributed by atoms with Crippen molar-refractivity contribution >= 4 is 21.6 Å². The molecular formula is C11H10ClFN2O3S. The summed E-state index contributed by atoms with van der Waals surface area (Å²) in [5, 5.41) is 3.57. The number of benzene rings is 1. The third kappa shape index (κ3) is 3.12. The van der Waals surface area contributed by atoms with Crippen LogP contribution in [0.5, 0.6) is 0 Å². The third-order valence-corrected chi connectivity index (χ3v) is 4.44. The number of sulfonamides is 1. The van der Waals surface area contributed by atoms with Gasteiger partial charge in [0.25, 0.3) is 0 Å². The van der Waals surface area contributed by atoms with Crippen LogP contribution >= 0.6 is 11.6 Å². The normalized spacial score (nSPS) is 13.4. The lowest BCUT2D eigenvalue weighted by atomic mass is 10.3. The highest BCUT2D eigenvalue weighted by Gasteiger charge is 2.22. The Labute approximate surface area is 114 Å². The molecule has 1 aromatic carbocycles. The summed E-state index contributed by atoms with van der Waals surface area (Å²) in [6, 6.07) is 4.04. The molecule has 1 N–H and O–H groups in total. The first-order chi connectivity index (χ1) is 8.90. The lowest BCUT2D eigenvalue weighted by Gasteiger charge is -2.12. The molecule has 8 heteroatoms. The number of nitrogens with one attached hydrogen (secondary N) is 1. The van der Waals surface area contributed by atoms with Gasteiger partial charge in [0, 0.05) is 6.07 Å². The van der Waals surface area contributed by atoms with E-state index in [0.29, 0.717) is 5.69 Å². The summed E-state index contributed by atoms with van der Waals surface area (Å²) in [5.74, 6) is -0.682. The summed E-state index contributed by atoms with van der Waals surface area (Å²) >= 11 is 5.77. The van der Waals surface area contributed by atoms with E-state index in [1.54, 1.807) is 6.92 Å². The van der Waals surface area contributed by atoms with E-state index in [4.69, 9.17) is 11.6 Å². The van der Waals surface area contributed by atoms with Crippen LogP contribution in [0.2, 0.25) is 5.02 Å². The van der Waals surface area contributed by atoms with Gasteiger partial charge in [-0.1, -0.05) is 16.8 Å². The lowest BCUT2D eigenvalue weighted by molar-refractivity contribution is 0.404. The van der Waals surface area contributed by atoms with Gasteiger partial charge in [-0.05, 0) is 25.1 Å². The Balaban J connectivity index is 2.30. The molecule has 1 aromatic heterocycles. The summed E-state index contributed by atoms with van der Waals surface area (Å²) in [5.41, 5.74) is 0.413. The number of halogens is 2. The zero-order chi connectivity index (χ0) is 14.0. The molecule has 2 aromatic rings. The molecule has 19 heavy (non-hydrogen) atoms. The monoisotopic (exact) mass is 304 g/mol. The molecule has 0 aliphatic rings. The lowest BCUT2D eigenvalue weighted by Crippen LogP contribution is -2.27. The first kappa shape index (κ1) is 14.0. The molecule has 1 unspecified atom stereocenters. The van der Waals surface area contributed by atoms with Crippen molar-refractivity contribution in [3.8, 4) is 0 Å². The summed E-state index contributed by atoms with van der Waals surface area (Å²) in [7, 11) is -3.94. The molecular weight excluding hydrogens is 295 g/mol. The maximum atomic E-state index is 13.1. The number of aromatic nitrogens is 1. The summed E-state index contributed by atoms with van der Waals surface area (Å²) in [6.07, 6.45) is 1.33. The number of hydrogen-bond donors (Lipinski definition) is 1. The van der Waals surface area contributed by atoms with Crippen molar-refractivity contribution in [1.82, 2.24) is 9.88 Å². The van der Waals surface area contributed by atoms with Gasteiger partial charge >= 0.3 is 0 Å². The van der Waals surface area contributed by atoms with Crippen LogP contribution in [0.4, 0.5) is 4.39 Å². The fourth-order valence-electron chi connectivity index (χ4n) is 1.48. The van der Waals surface area contributed by atoms with Gasteiger partial charge in [0.1, 0.15) is 22.7 Å². The largest absolute Gasteiger partial charge is 0.364 e. The molecule has 0 aliphatic carbocycles. The van der Waals surface area contributed by atoms with Gasteiger partial charge in [-0.2, -0.15) is 0 Å². The quantitative estimate of drug-likeness (QED) is 0.942. The Morgan fingerprint density at radius 3 is 2.79 bits per heavy atom. The van der Waals surface area contributed by atoms with E-state index >= 15 is 0 Å². The van der Waals surface area contributed by atoms with Gasteiger partial charge in [-0.25, -0.2) is 17.5 Å². The van der Waals surface area contributed by atoms with Gasteiger partial charge < -0.3 is 4.52 Å². The average Bonchev–Trinajstić information content (AvgIpc) is 2.85. The van der Waals surface area contributed by atoms with Crippen molar-refractivity contribution in [1.29, 1.82) is 0 Å². The molecule has 1 atom stereocenters. The van der Waals surface area contributed by atoms with E-state index in [-0.39, 0.29) is 9.92 Å². The van der Waals surface area contributed by atoms with Crippen LogP contribution in [0.25, 0.3) is 0 Å². The van der Waals surface area contributed by atoms with Crippen LogP contribution in [0.15, 0.2) is 39.9 Å². The SMILES string of the molecule is CC(NS(=O)(=O)c1cc(F)ccc1Cl)c1ccon1. The van der Waals surface area contributed by atoms with E-state index in [1.807, 2.05) is 0 Å². The standard InChI is InChI=1S/C11H10ClFN2O3S/c1-7(10-4-5-18-14-10)15-19(16,17)11-6-8(13)2-3-9(11)12/h2-7,15H,1H3. The van der Waals surface area contributed by atoms with Crippen LogP contribution in [0.1, 0.15) is 18.7 Å². The van der Waals surface area contributed by atoms with Crippen molar-refractivity contribution in [2.75, 3.05) is 0 Å². The zero-order valence-electron chi connectivity index (χ0n) is 9.80. The molecule has 0 saturated heterocycles. The van der Waals surface area contributed by atoms with E-state index in [1.165, 1.54) is 18.4 Å². The van der Waals surface area contributed by atoms with Gasteiger partial charge in [-0.3, -0.25) is 0 Å². The van der Waals surface area contributed by atoms with E-state index in [2.05, 4.69) is 14.4 Å². The molecule has 5 nitrogen and oxygen atoms in total. The van der Waals surface area contributed by atoms with Crippen LogP contribution < -0.4 is 4.72 Å². The predicted octanol–water partition coefficient (Wildman–Crippen LogP) is 2.51. The molecule has 0 fully saturated rings. The van der Waals surface area contributed by atoms with Crippen molar-refractivity contribution in [3.63, 3.8) is 0 Å². The number of rotatable bonds is 4. The van der Waals surface area contributed by atoms with Crippen LogP contribution in [0, 0.1) is 5.82 Å². The third-order valence-electron chi connectivity index (χ3n) is 2.42. The van der Waals surface area contributed by atoms with Crippen LogP contribution in [-0.2, 0) is 10.0 Å². The second-order valence-electron chi connectivity index (χ2n) is 3.84. The average molecular weight is 305 g/mol. The molecule has 0 aliphatic heterocycles. The van der Waals surface area contributed by atoms with Crippen LogP contribution in [-0.4, -0.2) is 13.6 Å². The van der Waals surface area contributed by atoms with E-state index in [0.717, 1.165) is 12.1 Å². The molecule has 0 amide bonds. The number of nitrogens with zero attached hydrogens (tertiary/aromatic N) is 1. The predicted molar refractivity (Wildman–Crippen MR) is 66.6 cm³/mol. The van der Waals surface area contributed by atoms with Gasteiger partial charge in [0.05, 0.1) is 11.1 Å². The second kappa shape index (κ2) is 5.28. The molecule has 0 radical (unpaired) electrons. The van der Waals surface area contributed by atoms with Gasteiger partial charge in [-0.15, -0.1) is 0 Å². The minimum absolute atomic E-state index is 0.0544. The Hall–Kier alpha value is -1.44. The first-order valence-corrected chi connectivity index (χ1v) is 7.14. The molecule has 0 spiro atoms. The molecule has 0 saturated carbocycles. The zero-order valence-corrected chi connectivity index (χ0v) is 11.4.